The third-order valence-corrected chi connectivity index (χ3v) is 15.0. The van der Waals surface area contributed by atoms with Crippen LogP contribution in [-0.2, 0) is 48.1 Å². The Hall–Kier alpha value is -1.76. The number of carbonyl (C=O) groups excluding carboxylic acids is 2. The van der Waals surface area contributed by atoms with Crippen LogP contribution in [0.1, 0.15) is 94.1 Å². The standard InChI is InChI=1S/C35H50F2O8S2/c1-6-24-18-27(29(38)31(33(2,3)4)46-13-11-44-12-14-46)19-25(30(24)43-5)7-8-28-26-16-22-15-23(17-26)21-34(28,20-22)32(39)45-10-9-35(36,37)47(40,41)42/h18-19,22-23,26,28,31H,6-17,20-21H2,1-5H3. The maximum absolute atomic E-state index is 14.3. The molecule has 47 heavy (non-hydrogen) atoms. The van der Waals surface area contributed by atoms with Gasteiger partial charge in [-0.2, -0.15) is 8.78 Å². The molecule has 0 aromatic heterocycles. The van der Waals surface area contributed by atoms with Crippen LogP contribution in [0.2, 0.25) is 0 Å². The summed E-state index contributed by atoms with van der Waals surface area (Å²) in [5.74, 6) is 3.07. The molecular formula is C35H50F2O8S2. The normalized spacial score (nSPS) is 28.7. The van der Waals surface area contributed by atoms with Gasteiger partial charge in [0.15, 0.2) is 15.4 Å². The number of benzene rings is 1. The fourth-order valence-electron chi connectivity index (χ4n) is 9.39. The van der Waals surface area contributed by atoms with Crippen LogP contribution in [0, 0.1) is 34.5 Å². The van der Waals surface area contributed by atoms with Gasteiger partial charge in [0.2, 0.25) is 5.78 Å². The number of alkyl halides is 2. The number of ether oxygens (including phenoxy) is 3. The number of halogens is 2. The molecule has 6 rings (SSSR count). The number of hydrogen-bond acceptors (Lipinski definition) is 8. The van der Waals surface area contributed by atoms with Crippen molar-refractivity contribution < 1.29 is 45.6 Å². The number of Topliss-reactive ketones (excluding diaryl/α,β-unsaturated/α-hetero) is 1. The van der Waals surface area contributed by atoms with E-state index in [4.69, 9.17) is 14.2 Å². The first-order chi connectivity index (χ1) is 22.0. The molecule has 264 valence electrons. The first-order valence-corrected chi connectivity index (χ1v) is 20.0. The summed E-state index contributed by atoms with van der Waals surface area (Å²) in [6.07, 6.45) is 4.86. The Bertz CT molecular complexity index is 1420. The Balaban J connectivity index is 1.40. The van der Waals surface area contributed by atoms with E-state index in [0.29, 0.717) is 68.6 Å². The maximum Gasteiger partial charge on any atom is 0.337 e. The van der Waals surface area contributed by atoms with Gasteiger partial charge in [-0.3, -0.25) is 9.59 Å². The van der Waals surface area contributed by atoms with Crippen LogP contribution in [0.4, 0.5) is 8.78 Å². The molecule has 0 radical (unpaired) electrons. The lowest BCUT2D eigenvalue weighted by Crippen LogP contribution is -2.57. The molecule has 1 aromatic rings. The molecular weight excluding hydrogens is 651 g/mol. The molecule has 5 aliphatic rings. The second kappa shape index (κ2) is 13.9. The predicted octanol–water partition coefficient (Wildman–Crippen LogP) is 5.95. The Morgan fingerprint density at radius 1 is 1.09 bits per heavy atom. The van der Waals surface area contributed by atoms with E-state index in [2.05, 4.69) is 20.8 Å². The van der Waals surface area contributed by atoms with Gasteiger partial charge in [0, 0.05) is 21.9 Å². The lowest BCUT2D eigenvalue weighted by Gasteiger charge is -2.60. The molecule has 1 heterocycles. The summed E-state index contributed by atoms with van der Waals surface area (Å²) in [7, 11) is -4.31. The van der Waals surface area contributed by atoms with E-state index < -0.39 is 39.8 Å². The quantitative estimate of drug-likeness (QED) is 0.107. The SMILES string of the molecule is CCc1cc(C(=O)C([S+]2CCOCC2)C(C)(C)C)cc(CCC2C3CC4CC(C3)CC2(C(=O)OCCC(F)(F)S(=O)(=O)[O-])C4)c1OC. The van der Waals surface area contributed by atoms with Crippen LogP contribution in [-0.4, -0.2) is 73.7 Å². The highest BCUT2D eigenvalue weighted by Crippen LogP contribution is 2.64. The average molecular weight is 701 g/mol. The van der Waals surface area contributed by atoms with Gasteiger partial charge in [-0.1, -0.05) is 27.7 Å². The van der Waals surface area contributed by atoms with Gasteiger partial charge >= 0.3 is 11.2 Å². The van der Waals surface area contributed by atoms with Crippen LogP contribution >= 0.6 is 0 Å². The van der Waals surface area contributed by atoms with Gasteiger partial charge in [-0.25, -0.2) is 8.42 Å². The minimum absolute atomic E-state index is 0.0493. The lowest BCUT2D eigenvalue weighted by molar-refractivity contribution is -0.185. The van der Waals surface area contributed by atoms with Crippen molar-refractivity contribution >= 4 is 32.8 Å². The number of ketones is 1. The number of carbonyl (C=O) groups is 2. The van der Waals surface area contributed by atoms with Gasteiger partial charge in [0.05, 0.1) is 38.8 Å². The summed E-state index contributed by atoms with van der Waals surface area (Å²) in [5, 5.41) is -4.63. The average Bonchev–Trinajstić information content (AvgIpc) is 2.99. The van der Waals surface area contributed by atoms with Crippen molar-refractivity contribution in [3.05, 3.63) is 28.8 Å². The van der Waals surface area contributed by atoms with Gasteiger partial charge in [0.25, 0.3) is 0 Å². The van der Waals surface area contributed by atoms with Gasteiger partial charge in [0.1, 0.15) is 17.3 Å². The van der Waals surface area contributed by atoms with Crippen molar-refractivity contribution in [2.24, 2.45) is 34.5 Å². The Kier molecular flexibility index (Phi) is 10.8. The van der Waals surface area contributed by atoms with E-state index in [1.807, 2.05) is 19.1 Å². The molecule has 5 fully saturated rings. The van der Waals surface area contributed by atoms with E-state index in [1.165, 1.54) is 0 Å². The number of hydrogen-bond donors (Lipinski definition) is 0. The molecule has 8 nitrogen and oxygen atoms in total. The molecule has 1 aromatic carbocycles. The second-order valence-electron chi connectivity index (χ2n) is 15.2. The van der Waals surface area contributed by atoms with E-state index in [0.717, 1.165) is 47.6 Å². The minimum Gasteiger partial charge on any atom is -0.743 e. The lowest BCUT2D eigenvalue weighted by atomic mass is 9.44. The van der Waals surface area contributed by atoms with Crippen molar-refractivity contribution in [3.63, 3.8) is 0 Å². The first-order valence-electron chi connectivity index (χ1n) is 17.0. The van der Waals surface area contributed by atoms with E-state index in [-0.39, 0.29) is 33.3 Å². The fourth-order valence-corrected chi connectivity index (χ4v) is 12.5. The van der Waals surface area contributed by atoms with Gasteiger partial charge < -0.3 is 18.8 Å². The Morgan fingerprint density at radius 2 is 1.70 bits per heavy atom. The molecule has 1 aliphatic heterocycles. The molecule has 4 saturated carbocycles. The smallest absolute Gasteiger partial charge is 0.337 e. The molecule has 1 saturated heterocycles. The molecule has 4 aliphatic carbocycles. The molecule has 0 spiro atoms. The zero-order valence-electron chi connectivity index (χ0n) is 28.3. The molecule has 4 unspecified atom stereocenters. The molecule has 0 N–H and O–H groups in total. The summed E-state index contributed by atoms with van der Waals surface area (Å²) in [6.45, 7) is 8.96. The van der Waals surface area contributed by atoms with Crippen molar-refractivity contribution in [1.82, 2.24) is 0 Å². The third-order valence-electron chi connectivity index (χ3n) is 11.1. The highest BCUT2D eigenvalue weighted by atomic mass is 32.2. The number of methoxy groups -OCH3 is 1. The first kappa shape index (κ1) is 36.5. The van der Waals surface area contributed by atoms with Crippen LogP contribution in [0.15, 0.2) is 12.1 Å². The minimum atomic E-state index is -5.85. The van der Waals surface area contributed by atoms with E-state index >= 15 is 0 Å². The fraction of sp³-hybridized carbons (Fsp3) is 0.771. The van der Waals surface area contributed by atoms with E-state index in [9.17, 15) is 31.3 Å². The molecule has 12 heteroatoms. The van der Waals surface area contributed by atoms with Crippen LogP contribution < -0.4 is 4.74 Å². The summed E-state index contributed by atoms with van der Waals surface area (Å²) < 4.78 is 77.5. The summed E-state index contributed by atoms with van der Waals surface area (Å²) >= 11 is 0. The van der Waals surface area contributed by atoms with Crippen LogP contribution in [0.3, 0.4) is 0 Å². The zero-order chi connectivity index (χ0) is 34.4. The van der Waals surface area contributed by atoms with Crippen LogP contribution in [0.5, 0.6) is 5.75 Å². The number of rotatable bonds is 13. The number of aryl methyl sites for hydroxylation is 2. The Labute approximate surface area is 281 Å². The van der Waals surface area contributed by atoms with Crippen molar-refractivity contribution in [2.45, 2.75) is 96.0 Å². The summed E-state index contributed by atoms with van der Waals surface area (Å²) in [4.78, 5) is 28.1. The van der Waals surface area contributed by atoms with Crippen molar-refractivity contribution in [1.29, 1.82) is 0 Å². The predicted molar refractivity (Wildman–Crippen MR) is 176 cm³/mol. The highest BCUT2D eigenvalue weighted by Gasteiger charge is 2.61. The van der Waals surface area contributed by atoms with Crippen LogP contribution in [0.25, 0.3) is 0 Å². The summed E-state index contributed by atoms with van der Waals surface area (Å²) in [6, 6.07) is 3.96. The molecule has 4 atom stereocenters. The highest BCUT2D eigenvalue weighted by molar-refractivity contribution is 7.98. The van der Waals surface area contributed by atoms with Gasteiger partial charge in [-0.05, 0) is 98.3 Å². The maximum atomic E-state index is 14.3. The second-order valence-corrected chi connectivity index (χ2v) is 19.1. The third kappa shape index (κ3) is 7.41. The topological polar surface area (TPSA) is 119 Å². The monoisotopic (exact) mass is 700 g/mol. The number of esters is 1. The van der Waals surface area contributed by atoms with E-state index in [1.54, 1.807) is 7.11 Å². The van der Waals surface area contributed by atoms with Gasteiger partial charge in [-0.15, -0.1) is 0 Å². The largest absolute Gasteiger partial charge is 0.743 e. The molecule has 4 bridgehead atoms. The Morgan fingerprint density at radius 3 is 2.26 bits per heavy atom. The van der Waals surface area contributed by atoms with Crippen molar-refractivity contribution in [3.8, 4) is 5.75 Å². The summed E-state index contributed by atoms with van der Waals surface area (Å²) in [5.41, 5.74) is 1.51. The zero-order valence-corrected chi connectivity index (χ0v) is 29.9. The van der Waals surface area contributed by atoms with Crippen molar-refractivity contribution in [2.75, 3.05) is 38.4 Å². The molecule has 0 amide bonds.